The molecule has 0 aromatic rings. The summed E-state index contributed by atoms with van der Waals surface area (Å²) < 4.78 is 11.9. The zero-order valence-corrected chi connectivity index (χ0v) is 12.4. The molecule has 17 heavy (non-hydrogen) atoms. The van der Waals surface area contributed by atoms with E-state index in [1.165, 1.54) is 38.5 Å². The van der Waals surface area contributed by atoms with E-state index in [0.717, 1.165) is 26.1 Å². The highest BCUT2D eigenvalue weighted by molar-refractivity contribution is 4.70. The van der Waals surface area contributed by atoms with Crippen LogP contribution in [-0.4, -0.2) is 19.0 Å². The third-order valence-electron chi connectivity index (χ3n) is 3.14. The molecule has 0 aromatic carbocycles. The van der Waals surface area contributed by atoms with Crippen LogP contribution in [0.3, 0.4) is 0 Å². The van der Waals surface area contributed by atoms with Crippen LogP contribution >= 0.6 is 0 Å². The Balaban J connectivity index is 4.20. The highest BCUT2D eigenvalue weighted by Crippen LogP contribution is 2.28. The second-order valence-electron chi connectivity index (χ2n) is 4.69. The monoisotopic (exact) mass is 244 g/mol. The highest BCUT2D eigenvalue weighted by atomic mass is 16.7. The van der Waals surface area contributed by atoms with Gasteiger partial charge in [-0.2, -0.15) is 0 Å². The van der Waals surface area contributed by atoms with Crippen LogP contribution in [0.15, 0.2) is 0 Å². The molecule has 0 bridgehead atoms. The van der Waals surface area contributed by atoms with Crippen molar-refractivity contribution in [2.75, 3.05) is 13.2 Å². The third kappa shape index (κ3) is 7.77. The summed E-state index contributed by atoms with van der Waals surface area (Å²) in [4.78, 5) is 0. The van der Waals surface area contributed by atoms with E-state index >= 15 is 0 Å². The van der Waals surface area contributed by atoms with Crippen molar-refractivity contribution in [3.63, 3.8) is 0 Å². The van der Waals surface area contributed by atoms with Gasteiger partial charge >= 0.3 is 0 Å². The number of hydrogen-bond donors (Lipinski definition) is 0. The minimum atomic E-state index is -0.298. The summed E-state index contributed by atoms with van der Waals surface area (Å²) in [5, 5.41) is 0. The van der Waals surface area contributed by atoms with Gasteiger partial charge in [-0.15, -0.1) is 0 Å². The Hall–Kier alpha value is -0.0800. The topological polar surface area (TPSA) is 18.5 Å². The zero-order chi connectivity index (χ0) is 13.0. The van der Waals surface area contributed by atoms with Crippen LogP contribution in [0.1, 0.15) is 79.1 Å². The van der Waals surface area contributed by atoms with Gasteiger partial charge in [-0.3, -0.25) is 0 Å². The fourth-order valence-corrected chi connectivity index (χ4v) is 2.25. The maximum Gasteiger partial charge on any atom is 0.168 e. The van der Waals surface area contributed by atoms with Crippen molar-refractivity contribution in [3.05, 3.63) is 0 Å². The summed E-state index contributed by atoms with van der Waals surface area (Å²) in [6, 6.07) is 0. The standard InChI is InChI=1S/C15H32O2/c1-5-9-11-12-14-15(16-7-3,17-8-4)13-10-6-2/h5-14H2,1-4H3. The predicted octanol–water partition coefficient (Wildman–Crippen LogP) is 4.92. The molecule has 104 valence electrons. The maximum absolute atomic E-state index is 5.93. The van der Waals surface area contributed by atoms with E-state index in [0.29, 0.717) is 0 Å². The smallest absolute Gasteiger partial charge is 0.168 e. The van der Waals surface area contributed by atoms with Crippen LogP contribution in [0.25, 0.3) is 0 Å². The molecule has 0 aromatic heterocycles. The van der Waals surface area contributed by atoms with E-state index < -0.39 is 0 Å². The van der Waals surface area contributed by atoms with Crippen molar-refractivity contribution in [2.24, 2.45) is 0 Å². The average molecular weight is 244 g/mol. The quantitative estimate of drug-likeness (QED) is 0.358. The summed E-state index contributed by atoms with van der Waals surface area (Å²) in [7, 11) is 0. The molecular weight excluding hydrogens is 212 g/mol. The van der Waals surface area contributed by atoms with E-state index in [4.69, 9.17) is 9.47 Å². The molecule has 0 fully saturated rings. The Labute approximate surface area is 108 Å². The second kappa shape index (κ2) is 11.0. The SMILES string of the molecule is CCCCCCC(CCCC)(OCC)OCC. The Morgan fingerprint density at radius 3 is 1.65 bits per heavy atom. The first-order chi connectivity index (χ1) is 8.24. The van der Waals surface area contributed by atoms with E-state index in [2.05, 4.69) is 27.7 Å². The molecule has 0 radical (unpaired) electrons. The molecule has 0 amide bonds. The van der Waals surface area contributed by atoms with Crippen LogP contribution in [0.2, 0.25) is 0 Å². The lowest BCUT2D eigenvalue weighted by molar-refractivity contribution is -0.241. The van der Waals surface area contributed by atoms with E-state index in [1.54, 1.807) is 0 Å². The summed E-state index contributed by atoms with van der Waals surface area (Å²) >= 11 is 0. The number of unbranched alkanes of at least 4 members (excludes halogenated alkanes) is 4. The Morgan fingerprint density at radius 2 is 1.18 bits per heavy atom. The fraction of sp³-hybridized carbons (Fsp3) is 1.00. The molecule has 0 N–H and O–H groups in total. The molecular formula is C15H32O2. The minimum Gasteiger partial charge on any atom is -0.350 e. The molecule has 0 saturated heterocycles. The van der Waals surface area contributed by atoms with E-state index in [1.807, 2.05) is 0 Å². The van der Waals surface area contributed by atoms with Crippen LogP contribution in [0.4, 0.5) is 0 Å². The average Bonchev–Trinajstić information content (AvgIpc) is 2.33. The fourth-order valence-electron chi connectivity index (χ4n) is 2.25. The van der Waals surface area contributed by atoms with Crippen molar-refractivity contribution in [2.45, 2.75) is 84.8 Å². The summed E-state index contributed by atoms with van der Waals surface area (Å²) in [5.74, 6) is -0.298. The first-order valence-corrected chi connectivity index (χ1v) is 7.52. The first kappa shape index (κ1) is 16.9. The highest BCUT2D eigenvalue weighted by Gasteiger charge is 2.29. The molecule has 0 heterocycles. The minimum absolute atomic E-state index is 0.298. The van der Waals surface area contributed by atoms with Gasteiger partial charge in [0.2, 0.25) is 0 Å². The third-order valence-corrected chi connectivity index (χ3v) is 3.14. The van der Waals surface area contributed by atoms with Crippen LogP contribution in [0, 0.1) is 0 Å². The molecule has 0 aliphatic heterocycles. The van der Waals surface area contributed by atoms with Crippen molar-refractivity contribution in [1.29, 1.82) is 0 Å². The van der Waals surface area contributed by atoms with Gasteiger partial charge in [-0.05, 0) is 26.7 Å². The molecule has 0 unspecified atom stereocenters. The summed E-state index contributed by atoms with van der Waals surface area (Å²) in [5.41, 5.74) is 0. The Bertz CT molecular complexity index is 151. The van der Waals surface area contributed by atoms with Gasteiger partial charge in [0.05, 0.1) is 0 Å². The molecule has 0 rings (SSSR count). The second-order valence-corrected chi connectivity index (χ2v) is 4.69. The van der Waals surface area contributed by atoms with Gasteiger partial charge in [0, 0.05) is 26.1 Å². The van der Waals surface area contributed by atoms with Gasteiger partial charge < -0.3 is 9.47 Å². The number of rotatable bonds is 12. The van der Waals surface area contributed by atoms with Gasteiger partial charge in [-0.1, -0.05) is 39.5 Å². The summed E-state index contributed by atoms with van der Waals surface area (Å²) in [6.45, 7) is 10.1. The Morgan fingerprint density at radius 1 is 0.647 bits per heavy atom. The summed E-state index contributed by atoms with van der Waals surface area (Å²) in [6.07, 6.45) is 9.60. The van der Waals surface area contributed by atoms with Gasteiger partial charge in [0.1, 0.15) is 0 Å². The van der Waals surface area contributed by atoms with Crippen LogP contribution in [-0.2, 0) is 9.47 Å². The molecule has 0 spiro atoms. The number of hydrogen-bond acceptors (Lipinski definition) is 2. The van der Waals surface area contributed by atoms with Crippen molar-refractivity contribution in [1.82, 2.24) is 0 Å². The van der Waals surface area contributed by atoms with E-state index in [-0.39, 0.29) is 5.79 Å². The van der Waals surface area contributed by atoms with Crippen molar-refractivity contribution >= 4 is 0 Å². The number of ether oxygens (including phenoxy) is 2. The molecule has 0 aliphatic carbocycles. The molecule has 0 atom stereocenters. The molecule has 2 nitrogen and oxygen atoms in total. The normalized spacial score (nSPS) is 12.0. The first-order valence-electron chi connectivity index (χ1n) is 7.52. The van der Waals surface area contributed by atoms with Gasteiger partial charge in [-0.25, -0.2) is 0 Å². The largest absolute Gasteiger partial charge is 0.350 e. The van der Waals surface area contributed by atoms with E-state index in [9.17, 15) is 0 Å². The van der Waals surface area contributed by atoms with Crippen LogP contribution in [0.5, 0.6) is 0 Å². The lowest BCUT2D eigenvalue weighted by atomic mass is 10.0. The molecule has 0 saturated carbocycles. The maximum atomic E-state index is 5.93. The zero-order valence-electron chi connectivity index (χ0n) is 12.4. The predicted molar refractivity (Wildman–Crippen MR) is 74.3 cm³/mol. The lowest BCUT2D eigenvalue weighted by Gasteiger charge is -2.33. The lowest BCUT2D eigenvalue weighted by Crippen LogP contribution is -2.36. The van der Waals surface area contributed by atoms with Gasteiger partial charge in [0.15, 0.2) is 5.79 Å². The molecule has 2 heteroatoms. The van der Waals surface area contributed by atoms with Crippen LogP contribution < -0.4 is 0 Å². The van der Waals surface area contributed by atoms with Crippen molar-refractivity contribution < 1.29 is 9.47 Å². The van der Waals surface area contributed by atoms with Crippen molar-refractivity contribution in [3.8, 4) is 0 Å². The Kier molecular flexibility index (Phi) is 11.0. The van der Waals surface area contributed by atoms with Gasteiger partial charge in [0.25, 0.3) is 0 Å². The molecule has 0 aliphatic rings.